The van der Waals surface area contributed by atoms with Crippen molar-refractivity contribution in [2.75, 3.05) is 39.0 Å². The summed E-state index contributed by atoms with van der Waals surface area (Å²) < 4.78 is 1.94. The van der Waals surface area contributed by atoms with Crippen LogP contribution in [-0.4, -0.2) is 58.8 Å². The molecule has 1 aliphatic rings. The number of anilines is 1. The zero-order chi connectivity index (χ0) is 13.0. The van der Waals surface area contributed by atoms with E-state index in [9.17, 15) is 0 Å². The molecule has 2 N–H and O–H groups in total. The molecule has 5 heteroatoms. The van der Waals surface area contributed by atoms with Crippen molar-refractivity contribution < 1.29 is 0 Å². The van der Waals surface area contributed by atoms with Crippen LogP contribution in [0.2, 0.25) is 0 Å². The molecule has 1 aromatic rings. The van der Waals surface area contributed by atoms with Gasteiger partial charge in [0, 0.05) is 25.3 Å². The normalized spacial score (nSPS) is 23.1. The summed E-state index contributed by atoms with van der Waals surface area (Å²) in [5.41, 5.74) is 6.43. The van der Waals surface area contributed by atoms with Gasteiger partial charge in [0.1, 0.15) is 0 Å². The van der Waals surface area contributed by atoms with Gasteiger partial charge >= 0.3 is 0 Å². The van der Waals surface area contributed by atoms with Gasteiger partial charge in [-0.1, -0.05) is 6.92 Å². The van der Waals surface area contributed by atoms with Crippen molar-refractivity contribution in [2.24, 2.45) is 0 Å². The van der Waals surface area contributed by atoms with Crippen molar-refractivity contribution in [3.63, 3.8) is 0 Å². The van der Waals surface area contributed by atoms with E-state index in [2.05, 4.69) is 28.9 Å². The molecule has 0 amide bonds. The van der Waals surface area contributed by atoms with Crippen molar-refractivity contribution in [3.05, 3.63) is 12.4 Å². The maximum atomic E-state index is 5.68. The molecule has 1 atom stereocenters. The highest BCUT2D eigenvalue weighted by atomic mass is 15.3. The van der Waals surface area contributed by atoms with Gasteiger partial charge in [-0.3, -0.25) is 9.58 Å². The van der Waals surface area contributed by atoms with E-state index in [0.29, 0.717) is 6.04 Å². The third kappa shape index (κ3) is 3.46. The SMILES string of the molecule is CCC1CN(C)CCCN1CCn1cc(N)cn1. The standard InChI is InChI=1S/C13H25N5/c1-3-13-11-16(2)5-4-6-17(13)7-8-18-10-12(14)9-15-18/h9-10,13H,3-8,11,14H2,1-2H3. The Kier molecular flexibility index (Phi) is 4.60. The van der Waals surface area contributed by atoms with E-state index in [1.165, 1.54) is 32.5 Å². The van der Waals surface area contributed by atoms with Gasteiger partial charge in [0.25, 0.3) is 0 Å². The quantitative estimate of drug-likeness (QED) is 0.863. The fraction of sp³-hybridized carbons (Fsp3) is 0.769. The molecule has 0 radical (unpaired) electrons. The number of nitrogens with two attached hydrogens (primary N) is 1. The van der Waals surface area contributed by atoms with Crippen LogP contribution < -0.4 is 5.73 Å². The average Bonchev–Trinajstić information content (AvgIpc) is 2.67. The lowest BCUT2D eigenvalue weighted by Gasteiger charge is -2.30. The molecule has 102 valence electrons. The van der Waals surface area contributed by atoms with Crippen LogP contribution in [0.1, 0.15) is 19.8 Å². The van der Waals surface area contributed by atoms with Crippen LogP contribution in [0.5, 0.6) is 0 Å². The van der Waals surface area contributed by atoms with Crippen LogP contribution in [0.15, 0.2) is 12.4 Å². The number of likely N-dealkylation sites (N-methyl/N-ethyl adjacent to an activating group) is 1. The molecule has 1 saturated heterocycles. The van der Waals surface area contributed by atoms with Crippen molar-refractivity contribution in [2.45, 2.75) is 32.4 Å². The molecule has 0 spiro atoms. The molecule has 0 saturated carbocycles. The summed E-state index contributed by atoms with van der Waals surface area (Å²) in [7, 11) is 2.22. The molecule has 18 heavy (non-hydrogen) atoms. The summed E-state index contributed by atoms with van der Waals surface area (Å²) in [6.07, 6.45) is 6.10. The number of rotatable bonds is 4. The number of hydrogen-bond donors (Lipinski definition) is 1. The number of nitrogen functional groups attached to an aromatic ring is 1. The molecule has 1 fully saturated rings. The van der Waals surface area contributed by atoms with Crippen LogP contribution in [0.4, 0.5) is 5.69 Å². The van der Waals surface area contributed by atoms with Gasteiger partial charge in [-0.05, 0) is 33.0 Å². The minimum absolute atomic E-state index is 0.672. The van der Waals surface area contributed by atoms with Crippen molar-refractivity contribution in [1.82, 2.24) is 19.6 Å². The van der Waals surface area contributed by atoms with Crippen LogP contribution in [0.25, 0.3) is 0 Å². The Bertz CT molecular complexity index is 362. The zero-order valence-corrected chi connectivity index (χ0v) is 11.5. The first kappa shape index (κ1) is 13.4. The summed E-state index contributed by atoms with van der Waals surface area (Å²) in [4.78, 5) is 5.04. The highest BCUT2D eigenvalue weighted by Gasteiger charge is 2.21. The molecule has 1 aromatic heterocycles. The van der Waals surface area contributed by atoms with Gasteiger partial charge in [0.2, 0.25) is 0 Å². The molecule has 2 rings (SSSR count). The van der Waals surface area contributed by atoms with Crippen molar-refractivity contribution >= 4 is 5.69 Å². The van der Waals surface area contributed by atoms with Gasteiger partial charge in [-0.2, -0.15) is 5.10 Å². The third-order valence-corrected chi connectivity index (χ3v) is 3.76. The monoisotopic (exact) mass is 251 g/mol. The van der Waals surface area contributed by atoms with Gasteiger partial charge < -0.3 is 10.6 Å². The molecule has 1 aliphatic heterocycles. The van der Waals surface area contributed by atoms with Crippen LogP contribution in [-0.2, 0) is 6.54 Å². The summed E-state index contributed by atoms with van der Waals surface area (Å²) in [5.74, 6) is 0. The second-order valence-corrected chi connectivity index (χ2v) is 5.25. The minimum Gasteiger partial charge on any atom is -0.396 e. The van der Waals surface area contributed by atoms with E-state index in [4.69, 9.17) is 5.73 Å². The Morgan fingerprint density at radius 3 is 2.89 bits per heavy atom. The second kappa shape index (κ2) is 6.20. The maximum absolute atomic E-state index is 5.68. The molecule has 0 aliphatic carbocycles. The summed E-state index contributed by atoms with van der Waals surface area (Å²) in [6, 6.07) is 0.672. The second-order valence-electron chi connectivity index (χ2n) is 5.25. The van der Waals surface area contributed by atoms with E-state index < -0.39 is 0 Å². The fourth-order valence-corrected chi connectivity index (χ4v) is 2.71. The van der Waals surface area contributed by atoms with Crippen LogP contribution >= 0.6 is 0 Å². The molecular formula is C13H25N5. The molecule has 0 aromatic carbocycles. The Hall–Kier alpha value is -1.07. The van der Waals surface area contributed by atoms with E-state index in [0.717, 1.165) is 18.8 Å². The van der Waals surface area contributed by atoms with Crippen molar-refractivity contribution in [3.8, 4) is 0 Å². The summed E-state index contributed by atoms with van der Waals surface area (Å²) in [5, 5.41) is 4.24. The summed E-state index contributed by atoms with van der Waals surface area (Å²) in [6.45, 7) is 7.85. The molecule has 1 unspecified atom stereocenters. The maximum Gasteiger partial charge on any atom is 0.0719 e. The van der Waals surface area contributed by atoms with Gasteiger partial charge in [-0.15, -0.1) is 0 Å². The lowest BCUT2D eigenvalue weighted by atomic mass is 10.2. The predicted molar refractivity (Wildman–Crippen MR) is 74.4 cm³/mol. The van der Waals surface area contributed by atoms with Gasteiger partial charge in [0.15, 0.2) is 0 Å². The van der Waals surface area contributed by atoms with E-state index in [1.54, 1.807) is 6.20 Å². The fourth-order valence-electron chi connectivity index (χ4n) is 2.71. The first-order valence-electron chi connectivity index (χ1n) is 6.89. The highest BCUT2D eigenvalue weighted by Crippen LogP contribution is 2.12. The smallest absolute Gasteiger partial charge is 0.0719 e. The Balaban J connectivity index is 1.89. The number of nitrogens with zero attached hydrogens (tertiary/aromatic N) is 4. The number of hydrogen-bond acceptors (Lipinski definition) is 4. The lowest BCUT2D eigenvalue weighted by molar-refractivity contribution is 0.175. The molecule has 5 nitrogen and oxygen atoms in total. The molecule has 0 bridgehead atoms. The summed E-state index contributed by atoms with van der Waals surface area (Å²) >= 11 is 0. The zero-order valence-electron chi connectivity index (χ0n) is 11.5. The van der Waals surface area contributed by atoms with Crippen molar-refractivity contribution in [1.29, 1.82) is 0 Å². The molecule has 2 heterocycles. The Morgan fingerprint density at radius 2 is 2.22 bits per heavy atom. The largest absolute Gasteiger partial charge is 0.396 e. The van der Waals surface area contributed by atoms with Gasteiger partial charge in [-0.25, -0.2) is 0 Å². The van der Waals surface area contributed by atoms with Crippen LogP contribution in [0.3, 0.4) is 0 Å². The average molecular weight is 251 g/mol. The minimum atomic E-state index is 0.672. The predicted octanol–water partition coefficient (Wildman–Crippen LogP) is 0.881. The topological polar surface area (TPSA) is 50.3 Å². The Labute approximate surface area is 110 Å². The van der Waals surface area contributed by atoms with E-state index in [-0.39, 0.29) is 0 Å². The van der Waals surface area contributed by atoms with E-state index >= 15 is 0 Å². The first-order chi connectivity index (χ1) is 8.69. The van der Waals surface area contributed by atoms with Crippen LogP contribution in [0, 0.1) is 0 Å². The third-order valence-electron chi connectivity index (χ3n) is 3.76. The Morgan fingerprint density at radius 1 is 1.39 bits per heavy atom. The highest BCUT2D eigenvalue weighted by molar-refractivity contribution is 5.30. The van der Waals surface area contributed by atoms with E-state index in [1.807, 2.05) is 10.9 Å². The van der Waals surface area contributed by atoms with Gasteiger partial charge in [0.05, 0.1) is 18.4 Å². The number of aromatic nitrogens is 2. The lowest BCUT2D eigenvalue weighted by Crippen LogP contribution is -2.41. The first-order valence-corrected chi connectivity index (χ1v) is 6.89. The molecular weight excluding hydrogens is 226 g/mol.